The highest BCUT2D eigenvalue weighted by atomic mass is 19.4. The number of anilines is 1. The van der Waals surface area contributed by atoms with Gasteiger partial charge in [0.2, 0.25) is 11.8 Å². The molecule has 1 fully saturated rings. The molecule has 0 spiro atoms. The van der Waals surface area contributed by atoms with Crippen LogP contribution in [-0.2, 0) is 32.1 Å². The summed E-state index contributed by atoms with van der Waals surface area (Å²) in [6.07, 6.45) is -8.50. The van der Waals surface area contributed by atoms with Gasteiger partial charge in [0.1, 0.15) is 11.9 Å². The second-order valence-electron chi connectivity index (χ2n) is 10.4. The largest absolute Gasteiger partial charge is 0.490 e. The first kappa shape index (κ1) is 38.3. The summed E-state index contributed by atoms with van der Waals surface area (Å²) in [4.78, 5) is 47.2. The number of nitrogen functional groups attached to an aromatic ring is 1. The molecule has 7 N–H and O–H groups in total. The molecule has 1 aliphatic heterocycles. The lowest BCUT2D eigenvalue weighted by molar-refractivity contribution is -0.193. The van der Waals surface area contributed by atoms with Crippen LogP contribution in [0.4, 0.5) is 32.2 Å². The van der Waals surface area contributed by atoms with Gasteiger partial charge in [-0.3, -0.25) is 9.59 Å². The van der Waals surface area contributed by atoms with Crippen LogP contribution < -0.4 is 21.7 Å². The zero-order valence-corrected chi connectivity index (χ0v) is 25.1. The van der Waals surface area contributed by atoms with Crippen LogP contribution in [-0.4, -0.2) is 69.9 Å². The maximum Gasteiger partial charge on any atom is 0.490 e. The summed E-state index contributed by atoms with van der Waals surface area (Å²) in [5, 5.41) is 25.8. The number of nitrogens with zero attached hydrogens (tertiary/aromatic N) is 1. The number of carbonyl (C=O) groups excluding carboxylic acids is 2. The molecule has 1 aromatic heterocycles. The molecule has 0 bridgehead atoms. The average Bonchev–Trinajstić information content (AvgIpc) is 3.45. The minimum atomic E-state index is -5.08. The molecule has 0 saturated carbocycles. The summed E-state index contributed by atoms with van der Waals surface area (Å²) in [6.45, 7) is 4.67. The van der Waals surface area contributed by atoms with Gasteiger partial charge < -0.3 is 31.9 Å². The molecule has 0 aliphatic carbocycles. The van der Waals surface area contributed by atoms with E-state index in [1.54, 1.807) is 13.0 Å². The number of halogens is 6. The third-order valence-corrected chi connectivity index (χ3v) is 6.83. The van der Waals surface area contributed by atoms with E-state index < -0.39 is 30.3 Å². The van der Waals surface area contributed by atoms with Crippen LogP contribution in [0.25, 0.3) is 10.8 Å². The van der Waals surface area contributed by atoms with Gasteiger partial charge in [-0.15, -0.1) is 0 Å². The number of nitrogens with one attached hydrogen (secondary N) is 3. The molecule has 4 rings (SSSR count). The molecular formula is C30H33F6N5O6. The predicted molar refractivity (Wildman–Crippen MR) is 158 cm³/mol. The van der Waals surface area contributed by atoms with Crippen molar-refractivity contribution in [1.29, 1.82) is 0 Å². The molecule has 0 unspecified atom stereocenters. The van der Waals surface area contributed by atoms with E-state index in [-0.39, 0.29) is 17.9 Å². The molecule has 2 amide bonds. The van der Waals surface area contributed by atoms with Crippen LogP contribution in [0.2, 0.25) is 0 Å². The van der Waals surface area contributed by atoms with Crippen molar-refractivity contribution in [2.24, 2.45) is 5.92 Å². The third-order valence-electron chi connectivity index (χ3n) is 6.83. The van der Waals surface area contributed by atoms with Crippen molar-refractivity contribution < 1.29 is 55.7 Å². The lowest BCUT2D eigenvalue weighted by atomic mass is 9.93. The topological polar surface area (TPSA) is 184 Å². The standard InChI is InChI=1S/C26H31N5O2.2C2HF3O2/c1-16-21(10-11-24(27)30-16)15-29-25(32)17(2)31-26(33)23-13-18(14-28-23)12-20-8-5-7-19-6-3-4-9-22(19)20;2*3-2(4,5)1(6)7/h3-11,17-18,23,28H,12-15H2,1-2H3,(H2,27,30)(H,29,32)(H,31,33);2*(H,6,7)/t17-,18-,23+;;/m0../s1. The summed E-state index contributed by atoms with van der Waals surface area (Å²) in [7, 11) is 0. The van der Waals surface area contributed by atoms with Crippen molar-refractivity contribution >= 4 is 40.3 Å². The highest BCUT2D eigenvalue weighted by Crippen LogP contribution is 2.25. The van der Waals surface area contributed by atoms with Crippen LogP contribution in [0.3, 0.4) is 0 Å². The molecule has 3 atom stereocenters. The van der Waals surface area contributed by atoms with Gasteiger partial charge >= 0.3 is 24.3 Å². The fourth-order valence-corrected chi connectivity index (χ4v) is 4.46. The van der Waals surface area contributed by atoms with E-state index in [1.165, 1.54) is 16.3 Å². The van der Waals surface area contributed by atoms with Crippen molar-refractivity contribution in [2.45, 2.75) is 57.7 Å². The maximum absolute atomic E-state index is 12.8. The Morgan fingerprint density at radius 2 is 1.51 bits per heavy atom. The van der Waals surface area contributed by atoms with E-state index in [0.717, 1.165) is 30.6 Å². The van der Waals surface area contributed by atoms with Gasteiger partial charge in [0, 0.05) is 12.2 Å². The van der Waals surface area contributed by atoms with Crippen molar-refractivity contribution in [3.05, 3.63) is 71.4 Å². The number of nitrogens with two attached hydrogens (primary N) is 1. The number of alkyl halides is 6. The Morgan fingerprint density at radius 3 is 2.09 bits per heavy atom. The Labute approximate surface area is 264 Å². The summed E-state index contributed by atoms with van der Waals surface area (Å²) in [5.41, 5.74) is 8.65. The monoisotopic (exact) mass is 673 g/mol. The van der Waals surface area contributed by atoms with Crippen LogP contribution >= 0.6 is 0 Å². The number of aryl methyl sites for hydroxylation is 1. The smallest absolute Gasteiger partial charge is 0.475 e. The molecule has 47 heavy (non-hydrogen) atoms. The van der Waals surface area contributed by atoms with E-state index >= 15 is 0 Å². The number of hydrogen-bond donors (Lipinski definition) is 6. The van der Waals surface area contributed by atoms with Crippen molar-refractivity contribution in [1.82, 2.24) is 20.9 Å². The lowest BCUT2D eigenvalue weighted by Gasteiger charge is -2.18. The fraction of sp³-hybridized carbons (Fsp3) is 0.367. The van der Waals surface area contributed by atoms with Crippen molar-refractivity contribution in [2.75, 3.05) is 12.3 Å². The maximum atomic E-state index is 12.8. The number of aromatic nitrogens is 1. The molecule has 256 valence electrons. The zero-order valence-electron chi connectivity index (χ0n) is 25.1. The van der Waals surface area contributed by atoms with Gasteiger partial charge in [0.25, 0.3) is 0 Å². The summed E-state index contributed by atoms with van der Waals surface area (Å²) < 4.78 is 63.5. The van der Waals surface area contributed by atoms with Crippen LogP contribution in [0, 0.1) is 12.8 Å². The highest BCUT2D eigenvalue weighted by molar-refractivity contribution is 5.90. The first-order chi connectivity index (χ1) is 21.8. The molecular weight excluding hydrogens is 640 g/mol. The SMILES string of the molecule is Cc1nc(N)ccc1CNC(=O)[C@H](C)NC(=O)[C@H]1C[C@H](Cc2cccc3ccccc23)CN1.O=C(O)C(F)(F)F.O=C(O)C(F)(F)F. The second kappa shape index (κ2) is 16.6. The molecule has 1 saturated heterocycles. The van der Waals surface area contributed by atoms with E-state index in [2.05, 4.69) is 63.4 Å². The highest BCUT2D eigenvalue weighted by Gasteiger charge is 2.39. The van der Waals surface area contributed by atoms with Gasteiger partial charge in [-0.1, -0.05) is 48.5 Å². The number of amides is 2. The number of carboxylic acid groups (broad SMARTS) is 2. The number of hydrogen-bond acceptors (Lipinski definition) is 7. The molecule has 2 heterocycles. The van der Waals surface area contributed by atoms with Crippen LogP contribution in [0.5, 0.6) is 0 Å². The number of rotatable bonds is 7. The number of carbonyl (C=O) groups is 4. The number of pyridine rings is 1. The summed E-state index contributed by atoms with van der Waals surface area (Å²) in [6, 6.07) is 17.4. The molecule has 17 heteroatoms. The Kier molecular flexibility index (Phi) is 13.5. The minimum absolute atomic E-state index is 0.136. The van der Waals surface area contributed by atoms with E-state index in [4.69, 9.17) is 25.5 Å². The molecule has 0 radical (unpaired) electrons. The fourth-order valence-electron chi connectivity index (χ4n) is 4.46. The van der Waals surface area contributed by atoms with Crippen LogP contribution in [0.1, 0.15) is 30.2 Å². The number of fused-ring (bicyclic) bond motifs is 1. The van der Waals surface area contributed by atoms with Crippen molar-refractivity contribution in [3.8, 4) is 0 Å². The van der Waals surface area contributed by atoms with Gasteiger partial charge in [-0.2, -0.15) is 26.3 Å². The molecule has 1 aliphatic rings. The van der Waals surface area contributed by atoms with Crippen molar-refractivity contribution in [3.63, 3.8) is 0 Å². The van der Waals surface area contributed by atoms with E-state index in [1.807, 2.05) is 13.0 Å². The second-order valence-corrected chi connectivity index (χ2v) is 10.4. The lowest BCUT2D eigenvalue weighted by Crippen LogP contribution is -2.50. The molecule has 2 aromatic carbocycles. The summed E-state index contributed by atoms with van der Waals surface area (Å²) in [5.74, 6) is -5.06. The Balaban J connectivity index is 0.000000459. The molecule has 11 nitrogen and oxygen atoms in total. The zero-order chi connectivity index (χ0) is 35.5. The molecule has 3 aromatic rings. The van der Waals surface area contributed by atoms with E-state index in [0.29, 0.717) is 18.3 Å². The quantitative estimate of drug-likeness (QED) is 0.204. The van der Waals surface area contributed by atoms with Gasteiger partial charge in [0.15, 0.2) is 0 Å². The van der Waals surface area contributed by atoms with Gasteiger partial charge in [-0.25, -0.2) is 14.6 Å². The normalized spacial score (nSPS) is 16.5. The number of aliphatic carboxylic acids is 2. The Morgan fingerprint density at radius 1 is 0.936 bits per heavy atom. The Hall–Kier alpha value is -4.93. The minimum Gasteiger partial charge on any atom is -0.475 e. The van der Waals surface area contributed by atoms with Gasteiger partial charge in [-0.05, 0) is 67.1 Å². The average molecular weight is 674 g/mol. The number of benzene rings is 2. The third kappa shape index (κ3) is 12.4. The number of carboxylic acids is 2. The van der Waals surface area contributed by atoms with E-state index in [9.17, 15) is 35.9 Å². The summed E-state index contributed by atoms with van der Waals surface area (Å²) >= 11 is 0. The Bertz CT molecular complexity index is 1540. The first-order valence-electron chi connectivity index (χ1n) is 13.9. The first-order valence-corrected chi connectivity index (χ1v) is 13.9. The predicted octanol–water partition coefficient (Wildman–Crippen LogP) is 3.73. The van der Waals surface area contributed by atoms with Gasteiger partial charge in [0.05, 0.1) is 6.04 Å². The van der Waals surface area contributed by atoms with Crippen LogP contribution in [0.15, 0.2) is 54.6 Å².